The molecule has 1 aromatic rings. The summed E-state index contributed by atoms with van der Waals surface area (Å²) in [6.07, 6.45) is 0. The summed E-state index contributed by atoms with van der Waals surface area (Å²) in [6.45, 7) is 1.47. The van der Waals surface area contributed by atoms with Crippen molar-refractivity contribution in [3.05, 3.63) is 18.2 Å². The van der Waals surface area contributed by atoms with Crippen molar-refractivity contribution >= 4 is 29.9 Å². The predicted octanol–water partition coefficient (Wildman–Crippen LogP) is -0.636. The van der Waals surface area contributed by atoms with E-state index in [2.05, 4.69) is 0 Å². The third-order valence-corrected chi connectivity index (χ3v) is 2.04. The van der Waals surface area contributed by atoms with E-state index in [0.29, 0.717) is 5.46 Å². The quantitative estimate of drug-likeness (QED) is 0.443. The maximum Gasteiger partial charge on any atom is 0.488 e. The molecule has 1 aliphatic rings. The van der Waals surface area contributed by atoms with Gasteiger partial charge >= 0.3 is 7.12 Å². The van der Waals surface area contributed by atoms with Crippen molar-refractivity contribution in [3.8, 4) is 0 Å². The molecule has 2 N–H and O–H groups in total. The molecule has 0 bridgehead atoms. The molecule has 0 saturated carbocycles. The normalized spacial score (nSPS) is 12.4. The summed E-state index contributed by atoms with van der Waals surface area (Å²) >= 11 is 0. The Balaban J connectivity index is 2.31. The molecular formula is C8H8BNO3. The molecule has 0 aliphatic carbocycles. The van der Waals surface area contributed by atoms with Crippen LogP contribution in [-0.4, -0.2) is 23.1 Å². The Morgan fingerprint density at radius 1 is 1.38 bits per heavy atom. The minimum absolute atomic E-state index is 0.0559. The summed E-state index contributed by atoms with van der Waals surface area (Å²) in [4.78, 5) is 12.5. The lowest BCUT2D eigenvalue weighted by Crippen LogP contribution is -2.28. The van der Waals surface area contributed by atoms with Gasteiger partial charge in [-0.25, -0.2) is 0 Å². The molecule has 2 rings (SSSR count). The van der Waals surface area contributed by atoms with Crippen LogP contribution in [0.25, 0.3) is 0 Å². The summed E-state index contributed by atoms with van der Waals surface area (Å²) in [5, 5.41) is 17.7. The minimum Gasteiger partial charge on any atom is -0.423 e. The summed E-state index contributed by atoms with van der Waals surface area (Å²) in [7, 11) is -1.47. The first-order valence-corrected chi connectivity index (χ1v) is 3.92. The molecule has 0 saturated heterocycles. The molecule has 4 nitrogen and oxygen atoms in total. The standard InChI is InChI=1S/C8H8BNO3/c1-5(11)10-7-3-2-6(9(12)13)4-8(7)10/h2-4,12-13H,1H3. The van der Waals surface area contributed by atoms with Gasteiger partial charge in [0.2, 0.25) is 5.91 Å². The number of rotatable bonds is 1. The average molecular weight is 177 g/mol. The minimum atomic E-state index is -1.47. The second-order valence-electron chi connectivity index (χ2n) is 2.98. The molecule has 0 fully saturated rings. The predicted molar refractivity (Wildman–Crippen MR) is 49.1 cm³/mol. The summed E-state index contributed by atoms with van der Waals surface area (Å²) in [5.74, 6) is -0.0559. The molecule has 1 amide bonds. The molecule has 1 aliphatic heterocycles. The summed E-state index contributed by atoms with van der Waals surface area (Å²) < 4.78 is 0. The van der Waals surface area contributed by atoms with Gasteiger partial charge in [-0.3, -0.25) is 9.69 Å². The monoisotopic (exact) mass is 177 g/mol. The highest BCUT2D eigenvalue weighted by Gasteiger charge is 2.33. The third kappa shape index (κ3) is 1.22. The van der Waals surface area contributed by atoms with E-state index in [1.54, 1.807) is 18.2 Å². The van der Waals surface area contributed by atoms with Gasteiger partial charge < -0.3 is 10.0 Å². The number of carbonyl (C=O) groups excluding carboxylic acids is 1. The van der Waals surface area contributed by atoms with E-state index in [1.165, 1.54) is 11.8 Å². The fraction of sp³-hybridized carbons (Fsp3) is 0.125. The van der Waals surface area contributed by atoms with E-state index in [1.807, 2.05) is 0 Å². The van der Waals surface area contributed by atoms with Gasteiger partial charge in [-0.2, -0.15) is 0 Å². The van der Waals surface area contributed by atoms with Crippen LogP contribution in [0.3, 0.4) is 0 Å². The summed E-state index contributed by atoms with van der Waals surface area (Å²) in [5.41, 5.74) is 2.01. The maximum absolute atomic E-state index is 10.9. The highest BCUT2D eigenvalue weighted by Crippen LogP contribution is 2.46. The molecular weight excluding hydrogens is 169 g/mol. The smallest absolute Gasteiger partial charge is 0.423 e. The zero-order valence-corrected chi connectivity index (χ0v) is 7.06. The lowest BCUT2D eigenvalue weighted by molar-refractivity contribution is -0.115. The molecule has 1 heterocycles. The third-order valence-electron chi connectivity index (χ3n) is 2.04. The molecule has 0 spiro atoms. The van der Waals surface area contributed by atoms with Crippen LogP contribution in [0.2, 0.25) is 0 Å². The highest BCUT2D eigenvalue weighted by molar-refractivity contribution is 6.59. The number of fused-ring (bicyclic) bond motifs is 1. The van der Waals surface area contributed by atoms with Gasteiger partial charge in [-0.15, -0.1) is 0 Å². The van der Waals surface area contributed by atoms with Crippen LogP contribution in [0, 0.1) is 0 Å². The van der Waals surface area contributed by atoms with Crippen molar-refractivity contribution in [3.63, 3.8) is 0 Å². The van der Waals surface area contributed by atoms with Gasteiger partial charge in [-0.05, 0) is 17.6 Å². The number of carbonyl (C=O) groups is 1. The van der Waals surface area contributed by atoms with Gasteiger partial charge in [0.15, 0.2) is 0 Å². The van der Waals surface area contributed by atoms with E-state index >= 15 is 0 Å². The second-order valence-corrected chi connectivity index (χ2v) is 2.98. The Bertz CT molecular complexity index is 378. The molecule has 0 unspecified atom stereocenters. The number of hydrogen-bond donors (Lipinski definition) is 2. The molecule has 13 heavy (non-hydrogen) atoms. The van der Waals surface area contributed by atoms with E-state index in [0.717, 1.165) is 11.4 Å². The van der Waals surface area contributed by atoms with E-state index in [9.17, 15) is 4.79 Å². The molecule has 0 atom stereocenters. The van der Waals surface area contributed by atoms with Gasteiger partial charge in [0.1, 0.15) is 0 Å². The van der Waals surface area contributed by atoms with Crippen molar-refractivity contribution in [2.24, 2.45) is 0 Å². The van der Waals surface area contributed by atoms with Gasteiger partial charge in [0.05, 0.1) is 11.4 Å². The van der Waals surface area contributed by atoms with Gasteiger partial charge in [-0.1, -0.05) is 6.07 Å². The van der Waals surface area contributed by atoms with E-state index in [4.69, 9.17) is 10.0 Å². The first-order chi connectivity index (χ1) is 6.11. The summed E-state index contributed by atoms with van der Waals surface area (Å²) in [6, 6.07) is 4.89. The Labute approximate surface area is 75.6 Å². The topological polar surface area (TPSA) is 60.5 Å². The molecule has 66 valence electrons. The van der Waals surface area contributed by atoms with Crippen LogP contribution in [0.15, 0.2) is 18.2 Å². The van der Waals surface area contributed by atoms with Crippen molar-refractivity contribution < 1.29 is 14.8 Å². The Morgan fingerprint density at radius 2 is 2.08 bits per heavy atom. The maximum atomic E-state index is 10.9. The van der Waals surface area contributed by atoms with Crippen molar-refractivity contribution in [2.75, 3.05) is 4.90 Å². The molecule has 5 heteroatoms. The lowest BCUT2D eigenvalue weighted by atomic mass is 9.81. The van der Waals surface area contributed by atoms with Gasteiger partial charge in [0, 0.05) is 6.92 Å². The molecule has 0 radical (unpaired) electrons. The Hall–Kier alpha value is -1.33. The van der Waals surface area contributed by atoms with Crippen LogP contribution >= 0.6 is 0 Å². The van der Waals surface area contributed by atoms with Crippen molar-refractivity contribution in [1.29, 1.82) is 0 Å². The SMILES string of the molecule is CC(=O)N1c2ccc(B(O)O)cc21. The zero-order valence-electron chi connectivity index (χ0n) is 7.06. The van der Waals surface area contributed by atoms with Crippen LogP contribution in [0.1, 0.15) is 6.92 Å². The zero-order chi connectivity index (χ0) is 9.59. The fourth-order valence-corrected chi connectivity index (χ4v) is 1.37. The molecule has 0 aromatic heterocycles. The van der Waals surface area contributed by atoms with Crippen LogP contribution in [0.5, 0.6) is 0 Å². The Morgan fingerprint density at radius 3 is 2.62 bits per heavy atom. The highest BCUT2D eigenvalue weighted by atomic mass is 16.4. The Kier molecular flexibility index (Phi) is 1.64. The number of nitrogens with zero attached hydrogens (tertiary/aromatic N) is 1. The van der Waals surface area contributed by atoms with Crippen molar-refractivity contribution in [1.82, 2.24) is 0 Å². The largest absolute Gasteiger partial charge is 0.488 e. The average Bonchev–Trinajstić information content (AvgIpc) is 2.75. The first-order valence-electron chi connectivity index (χ1n) is 3.92. The second kappa shape index (κ2) is 2.58. The van der Waals surface area contributed by atoms with Crippen LogP contribution in [-0.2, 0) is 4.79 Å². The number of hydrogen-bond acceptors (Lipinski definition) is 3. The van der Waals surface area contributed by atoms with E-state index < -0.39 is 7.12 Å². The number of anilines is 2. The first kappa shape index (κ1) is 8.28. The van der Waals surface area contributed by atoms with Gasteiger partial charge in [0.25, 0.3) is 0 Å². The number of amides is 1. The fourth-order valence-electron chi connectivity index (χ4n) is 1.37. The van der Waals surface area contributed by atoms with E-state index in [-0.39, 0.29) is 5.91 Å². The van der Waals surface area contributed by atoms with Crippen LogP contribution in [0.4, 0.5) is 11.4 Å². The van der Waals surface area contributed by atoms with Crippen LogP contribution < -0.4 is 10.4 Å². The van der Waals surface area contributed by atoms with Crippen molar-refractivity contribution in [2.45, 2.75) is 6.92 Å². The molecule has 1 aromatic carbocycles. The number of benzene rings is 1. The lowest BCUT2D eigenvalue weighted by Gasteiger charge is -1.93.